The Morgan fingerprint density at radius 2 is 2.33 bits per heavy atom. The molecular formula is C15H24N4OS. The first kappa shape index (κ1) is 15.8. The summed E-state index contributed by atoms with van der Waals surface area (Å²) in [6.07, 6.45) is 3.66. The molecule has 0 spiro atoms. The second-order valence-corrected chi connectivity index (χ2v) is 6.31. The van der Waals surface area contributed by atoms with Gasteiger partial charge in [-0.15, -0.1) is 11.3 Å². The molecule has 1 fully saturated rings. The molecule has 5 nitrogen and oxygen atoms in total. The number of thiophene rings is 1. The Bertz CT molecular complexity index is 468. The highest BCUT2D eigenvalue weighted by atomic mass is 32.1. The molecule has 6 heteroatoms. The molecule has 1 amide bonds. The number of nitrogens with zero attached hydrogens (tertiary/aromatic N) is 1. The number of carbonyl (C=O) groups excluding carboxylic acids is 1. The number of hydrogen-bond donors (Lipinski definition) is 3. The van der Waals surface area contributed by atoms with Crippen molar-refractivity contribution in [3.63, 3.8) is 0 Å². The van der Waals surface area contributed by atoms with Crippen molar-refractivity contribution in [2.75, 3.05) is 13.6 Å². The van der Waals surface area contributed by atoms with E-state index in [1.165, 1.54) is 4.88 Å². The highest BCUT2D eigenvalue weighted by Gasteiger charge is 2.22. The minimum atomic E-state index is 0.161. The lowest BCUT2D eigenvalue weighted by Crippen LogP contribution is -2.39. The molecule has 21 heavy (non-hydrogen) atoms. The van der Waals surface area contributed by atoms with Crippen LogP contribution in [0, 0.1) is 0 Å². The van der Waals surface area contributed by atoms with E-state index in [0.29, 0.717) is 12.5 Å². The van der Waals surface area contributed by atoms with Gasteiger partial charge in [0.25, 0.3) is 0 Å². The molecular weight excluding hydrogens is 284 g/mol. The topological polar surface area (TPSA) is 65.5 Å². The van der Waals surface area contributed by atoms with Crippen molar-refractivity contribution in [2.24, 2.45) is 4.99 Å². The maximum Gasteiger partial charge on any atom is 0.220 e. The lowest BCUT2D eigenvalue weighted by atomic mass is 10.3. The second kappa shape index (κ2) is 8.02. The van der Waals surface area contributed by atoms with Crippen molar-refractivity contribution in [1.29, 1.82) is 0 Å². The summed E-state index contributed by atoms with van der Waals surface area (Å²) in [7, 11) is 1.76. The van der Waals surface area contributed by atoms with E-state index >= 15 is 0 Å². The molecule has 0 aromatic carbocycles. The molecule has 0 saturated heterocycles. The molecule has 1 atom stereocenters. The molecule has 0 bridgehead atoms. The summed E-state index contributed by atoms with van der Waals surface area (Å²) in [6, 6.07) is 4.84. The van der Waals surface area contributed by atoms with E-state index in [9.17, 15) is 4.79 Å². The molecule has 1 aliphatic rings. The van der Waals surface area contributed by atoms with Gasteiger partial charge in [0, 0.05) is 30.9 Å². The van der Waals surface area contributed by atoms with Crippen molar-refractivity contribution in [3.8, 4) is 0 Å². The van der Waals surface area contributed by atoms with Crippen molar-refractivity contribution in [3.05, 3.63) is 22.4 Å². The van der Waals surface area contributed by atoms with E-state index < -0.39 is 0 Å². The van der Waals surface area contributed by atoms with Crippen LogP contribution in [0.5, 0.6) is 0 Å². The zero-order valence-electron chi connectivity index (χ0n) is 12.7. The summed E-state index contributed by atoms with van der Waals surface area (Å²) < 4.78 is 0. The van der Waals surface area contributed by atoms with E-state index in [1.54, 1.807) is 18.4 Å². The van der Waals surface area contributed by atoms with E-state index in [2.05, 4.69) is 39.3 Å². The number of carbonyl (C=O) groups is 1. The maximum atomic E-state index is 11.6. The molecule has 3 N–H and O–H groups in total. The highest BCUT2D eigenvalue weighted by molar-refractivity contribution is 7.10. The molecule has 116 valence electrons. The summed E-state index contributed by atoms with van der Waals surface area (Å²) in [5, 5.41) is 11.7. The van der Waals surface area contributed by atoms with Gasteiger partial charge in [0.15, 0.2) is 5.96 Å². The van der Waals surface area contributed by atoms with Crippen LogP contribution < -0.4 is 16.0 Å². The van der Waals surface area contributed by atoms with Gasteiger partial charge in [-0.25, -0.2) is 0 Å². The first-order valence-electron chi connectivity index (χ1n) is 7.49. The monoisotopic (exact) mass is 308 g/mol. The molecule has 0 radical (unpaired) electrons. The van der Waals surface area contributed by atoms with Crippen molar-refractivity contribution >= 4 is 23.2 Å². The predicted molar refractivity (Wildman–Crippen MR) is 87.6 cm³/mol. The fourth-order valence-electron chi connectivity index (χ4n) is 1.99. The van der Waals surface area contributed by atoms with E-state index in [4.69, 9.17) is 0 Å². The van der Waals surface area contributed by atoms with Crippen LogP contribution in [-0.2, 0) is 4.79 Å². The Hall–Kier alpha value is -1.56. The number of nitrogens with one attached hydrogen (secondary N) is 3. The highest BCUT2D eigenvalue weighted by Crippen LogP contribution is 2.19. The maximum absolute atomic E-state index is 11.6. The fraction of sp³-hybridized carbons (Fsp3) is 0.600. The number of hydrogen-bond acceptors (Lipinski definition) is 3. The molecule has 1 aromatic heterocycles. The van der Waals surface area contributed by atoms with E-state index in [1.807, 2.05) is 6.07 Å². The van der Waals surface area contributed by atoms with Gasteiger partial charge in [0.1, 0.15) is 0 Å². The smallest absolute Gasteiger partial charge is 0.220 e. The minimum Gasteiger partial charge on any atom is -0.356 e. The first-order chi connectivity index (χ1) is 10.2. The molecule has 1 heterocycles. The predicted octanol–water partition coefficient (Wildman–Crippen LogP) is 2.03. The van der Waals surface area contributed by atoms with Gasteiger partial charge < -0.3 is 16.0 Å². The van der Waals surface area contributed by atoms with Gasteiger partial charge in [0.05, 0.1) is 6.04 Å². The van der Waals surface area contributed by atoms with E-state index in [-0.39, 0.29) is 11.9 Å². The number of aliphatic imine (C=N–C) groups is 1. The van der Waals surface area contributed by atoms with Gasteiger partial charge in [0.2, 0.25) is 5.91 Å². The van der Waals surface area contributed by atoms with Crippen LogP contribution in [0.25, 0.3) is 0 Å². The van der Waals surface area contributed by atoms with Gasteiger partial charge in [-0.1, -0.05) is 6.07 Å². The summed E-state index contributed by atoms with van der Waals surface area (Å²) in [6.45, 7) is 2.86. The third kappa shape index (κ3) is 5.75. The average Bonchev–Trinajstić information content (AvgIpc) is 3.11. The van der Waals surface area contributed by atoms with Crippen LogP contribution in [0.1, 0.15) is 43.5 Å². The average molecular weight is 308 g/mol. The first-order valence-corrected chi connectivity index (χ1v) is 8.37. The standard InChI is InChI=1S/C15H24N4OS/c1-11(13-5-4-10-21-13)18-15(16-2)17-9-3-6-14(20)19-12-7-8-12/h4-5,10-12H,3,6-9H2,1-2H3,(H,19,20)(H2,16,17,18). The largest absolute Gasteiger partial charge is 0.356 e. The summed E-state index contributed by atoms with van der Waals surface area (Å²) in [4.78, 5) is 17.0. The van der Waals surface area contributed by atoms with Crippen molar-refractivity contribution in [2.45, 2.75) is 44.7 Å². The Balaban J connectivity index is 1.62. The molecule has 0 aliphatic heterocycles. The number of amides is 1. The molecule has 1 aliphatic carbocycles. The SMILES string of the molecule is CN=C(NCCCC(=O)NC1CC1)NC(C)c1cccs1. The second-order valence-electron chi connectivity index (χ2n) is 5.33. The van der Waals surface area contributed by atoms with Gasteiger partial charge in [-0.3, -0.25) is 9.79 Å². The number of guanidine groups is 1. The van der Waals surface area contributed by atoms with Crippen molar-refractivity contribution in [1.82, 2.24) is 16.0 Å². The number of rotatable bonds is 7. The summed E-state index contributed by atoms with van der Waals surface area (Å²) in [5.74, 6) is 0.938. The Morgan fingerprint density at radius 3 is 2.95 bits per heavy atom. The van der Waals surface area contributed by atoms with Gasteiger partial charge >= 0.3 is 0 Å². The zero-order valence-corrected chi connectivity index (χ0v) is 13.5. The molecule has 1 aromatic rings. The summed E-state index contributed by atoms with van der Waals surface area (Å²) >= 11 is 1.73. The van der Waals surface area contributed by atoms with Crippen LogP contribution in [0.4, 0.5) is 0 Å². The molecule has 2 rings (SSSR count). The molecule has 1 saturated carbocycles. The Kier molecular flexibility index (Phi) is 6.04. The lowest BCUT2D eigenvalue weighted by Gasteiger charge is -2.16. The Morgan fingerprint density at radius 1 is 1.52 bits per heavy atom. The molecule has 1 unspecified atom stereocenters. The third-order valence-corrected chi connectivity index (χ3v) is 4.42. The third-order valence-electron chi connectivity index (χ3n) is 3.36. The fourth-order valence-corrected chi connectivity index (χ4v) is 2.73. The van der Waals surface area contributed by atoms with Crippen LogP contribution in [0.2, 0.25) is 0 Å². The van der Waals surface area contributed by atoms with Crippen LogP contribution in [-0.4, -0.2) is 31.5 Å². The summed E-state index contributed by atoms with van der Waals surface area (Å²) in [5.41, 5.74) is 0. The van der Waals surface area contributed by atoms with Gasteiger partial charge in [-0.05, 0) is 37.6 Å². The normalized spacial score (nSPS) is 16.4. The van der Waals surface area contributed by atoms with Crippen LogP contribution in [0.15, 0.2) is 22.5 Å². The minimum absolute atomic E-state index is 0.161. The van der Waals surface area contributed by atoms with Crippen LogP contribution >= 0.6 is 11.3 Å². The lowest BCUT2D eigenvalue weighted by molar-refractivity contribution is -0.121. The van der Waals surface area contributed by atoms with Crippen molar-refractivity contribution < 1.29 is 4.79 Å². The Labute approximate surface area is 130 Å². The quantitative estimate of drug-likeness (QED) is 0.410. The van der Waals surface area contributed by atoms with E-state index in [0.717, 1.165) is 31.8 Å². The van der Waals surface area contributed by atoms with Crippen LogP contribution in [0.3, 0.4) is 0 Å². The zero-order chi connectivity index (χ0) is 15.1. The van der Waals surface area contributed by atoms with Gasteiger partial charge in [-0.2, -0.15) is 0 Å².